The van der Waals surface area contributed by atoms with E-state index in [2.05, 4.69) is 9.82 Å². The second-order valence-corrected chi connectivity index (χ2v) is 9.11. The van der Waals surface area contributed by atoms with Gasteiger partial charge in [0.2, 0.25) is 10.0 Å². The van der Waals surface area contributed by atoms with Crippen molar-refractivity contribution in [2.45, 2.75) is 13.5 Å². The summed E-state index contributed by atoms with van der Waals surface area (Å²) >= 11 is 18.2. The van der Waals surface area contributed by atoms with Crippen LogP contribution in [0.4, 0.5) is 5.69 Å². The van der Waals surface area contributed by atoms with Crippen molar-refractivity contribution in [2.75, 3.05) is 11.0 Å². The monoisotopic (exact) mass is 460 g/mol. The van der Waals surface area contributed by atoms with E-state index in [1.54, 1.807) is 19.1 Å². The average molecular weight is 462 g/mol. The molecule has 0 amide bonds. The molecule has 0 aliphatic rings. The van der Waals surface area contributed by atoms with Gasteiger partial charge in [0.05, 0.1) is 34.2 Å². The van der Waals surface area contributed by atoms with Gasteiger partial charge in [-0.2, -0.15) is 9.78 Å². The number of hydrogen-bond donors (Lipinski definition) is 1. The molecule has 0 saturated heterocycles. The van der Waals surface area contributed by atoms with Crippen molar-refractivity contribution in [3.8, 4) is 5.69 Å². The highest BCUT2D eigenvalue weighted by Crippen LogP contribution is 2.31. The summed E-state index contributed by atoms with van der Waals surface area (Å²) in [4.78, 5) is 12.9. The lowest BCUT2D eigenvalue weighted by molar-refractivity contribution is 0.607. The van der Waals surface area contributed by atoms with Gasteiger partial charge in [-0.3, -0.25) is 9.29 Å². The fraction of sp³-hybridized carbons (Fsp3) is 0.176. The third kappa shape index (κ3) is 4.52. The van der Waals surface area contributed by atoms with E-state index in [9.17, 15) is 13.2 Å². The molecule has 0 radical (unpaired) electrons. The number of benzene rings is 2. The number of rotatable bonds is 5. The highest BCUT2D eigenvalue weighted by atomic mass is 35.5. The van der Waals surface area contributed by atoms with E-state index in [1.165, 1.54) is 16.7 Å². The molecule has 0 aliphatic heterocycles. The van der Waals surface area contributed by atoms with Gasteiger partial charge in [-0.05, 0) is 36.8 Å². The van der Waals surface area contributed by atoms with Crippen LogP contribution in [0.1, 0.15) is 11.4 Å². The third-order valence-electron chi connectivity index (χ3n) is 3.86. The molecule has 0 aliphatic carbocycles. The van der Waals surface area contributed by atoms with Gasteiger partial charge in [0.1, 0.15) is 5.82 Å². The van der Waals surface area contributed by atoms with E-state index in [0.29, 0.717) is 17.4 Å². The minimum Gasteiger partial charge on any atom is -0.282 e. The molecule has 3 aromatic rings. The first kappa shape index (κ1) is 20.7. The second kappa shape index (κ2) is 7.79. The zero-order valence-electron chi connectivity index (χ0n) is 14.8. The average Bonchev–Trinajstić information content (AvgIpc) is 2.86. The Morgan fingerprint density at radius 2 is 1.71 bits per heavy atom. The number of aromatic nitrogens is 3. The first-order valence-electron chi connectivity index (χ1n) is 7.93. The van der Waals surface area contributed by atoms with Crippen molar-refractivity contribution in [3.05, 3.63) is 73.3 Å². The summed E-state index contributed by atoms with van der Waals surface area (Å²) in [6.07, 6.45) is 0.995. The Labute approximate surface area is 176 Å². The Morgan fingerprint density at radius 3 is 2.32 bits per heavy atom. The lowest BCUT2D eigenvalue weighted by Gasteiger charge is -2.10. The number of sulfonamides is 1. The van der Waals surface area contributed by atoms with Gasteiger partial charge < -0.3 is 0 Å². The molecule has 0 saturated carbocycles. The number of halogens is 3. The van der Waals surface area contributed by atoms with Crippen molar-refractivity contribution in [3.63, 3.8) is 0 Å². The molecule has 1 N–H and O–H groups in total. The molecule has 0 bridgehead atoms. The summed E-state index contributed by atoms with van der Waals surface area (Å²) in [5.41, 5.74) is 0.748. The SMILES string of the molecule is Cc1nn(-c2cc(NS(C)(=O)=O)c(Cl)cc2Cl)c(=O)n1Cc1ccc(Cl)cc1. The molecular formula is C17H15Cl3N4O3S. The fourth-order valence-electron chi connectivity index (χ4n) is 2.58. The molecule has 2 aromatic carbocycles. The standard InChI is InChI=1S/C17H15Cl3N4O3S/c1-10-21-24(17(25)23(10)9-11-3-5-12(18)6-4-11)16-8-15(22-28(2,26)27)13(19)7-14(16)20/h3-8,22H,9H2,1-2H3. The van der Waals surface area contributed by atoms with Crippen LogP contribution in [0.15, 0.2) is 41.2 Å². The normalized spacial score (nSPS) is 11.6. The van der Waals surface area contributed by atoms with Crippen LogP contribution in [0, 0.1) is 6.92 Å². The van der Waals surface area contributed by atoms with E-state index < -0.39 is 15.7 Å². The lowest BCUT2D eigenvalue weighted by Crippen LogP contribution is -2.25. The van der Waals surface area contributed by atoms with E-state index in [4.69, 9.17) is 34.8 Å². The lowest BCUT2D eigenvalue weighted by atomic mass is 10.2. The molecular weight excluding hydrogens is 447 g/mol. The zero-order valence-corrected chi connectivity index (χ0v) is 17.9. The van der Waals surface area contributed by atoms with Crippen LogP contribution in [0.3, 0.4) is 0 Å². The fourth-order valence-corrected chi connectivity index (χ4v) is 3.84. The maximum Gasteiger partial charge on any atom is 0.351 e. The highest BCUT2D eigenvalue weighted by molar-refractivity contribution is 7.92. The van der Waals surface area contributed by atoms with Gasteiger partial charge in [-0.15, -0.1) is 0 Å². The van der Waals surface area contributed by atoms with E-state index in [-0.39, 0.29) is 21.4 Å². The van der Waals surface area contributed by atoms with Gasteiger partial charge in [-0.25, -0.2) is 13.2 Å². The molecule has 28 heavy (non-hydrogen) atoms. The van der Waals surface area contributed by atoms with Crippen LogP contribution in [-0.4, -0.2) is 29.0 Å². The third-order valence-corrected chi connectivity index (χ3v) is 5.32. The number of anilines is 1. The first-order chi connectivity index (χ1) is 13.0. The zero-order chi connectivity index (χ0) is 20.6. The van der Waals surface area contributed by atoms with Crippen LogP contribution in [0.5, 0.6) is 0 Å². The van der Waals surface area contributed by atoms with Crippen LogP contribution >= 0.6 is 34.8 Å². The summed E-state index contributed by atoms with van der Waals surface area (Å²) in [6, 6.07) is 9.82. The molecule has 0 atom stereocenters. The Kier molecular flexibility index (Phi) is 5.77. The molecule has 3 rings (SSSR count). The Hall–Kier alpha value is -2.00. The molecule has 0 spiro atoms. The van der Waals surface area contributed by atoms with Gasteiger partial charge >= 0.3 is 5.69 Å². The van der Waals surface area contributed by atoms with Crippen LogP contribution < -0.4 is 10.4 Å². The predicted molar refractivity (Wildman–Crippen MR) is 112 cm³/mol. The van der Waals surface area contributed by atoms with Crippen molar-refractivity contribution in [1.29, 1.82) is 0 Å². The van der Waals surface area contributed by atoms with Crippen molar-refractivity contribution in [2.24, 2.45) is 0 Å². The maximum absolute atomic E-state index is 12.9. The molecule has 11 heteroatoms. The number of hydrogen-bond acceptors (Lipinski definition) is 4. The predicted octanol–water partition coefficient (Wildman–Crippen LogP) is 3.72. The smallest absolute Gasteiger partial charge is 0.282 e. The maximum atomic E-state index is 12.9. The van der Waals surface area contributed by atoms with E-state index >= 15 is 0 Å². The van der Waals surface area contributed by atoms with Crippen molar-refractivity contribution < 1.29 is 8.42 Å². The van der Waals surface area contributed by atoms with Crippen LogP contribution in [0.2, 0.25) is 15.1 Å². The summed E-state index contributed by atoms with van der Waals surface area (Å²) < 4.78 is 27.9. The van der Waals surface area contributed by atoms with Crippen molar-refractivity contribution in [1.82, 2.24) is 14.3 Å². The summed E-state index contributed by atoms with van der Waals surface area (Å²) in [7, 11) is -3.57. The number of aryl methyl sites for hydroxylation is 1. The largest absolute Gasteiger partial charge is 0.351 e. The van der Waals surface area contributed by atoms with Gasteiger partial charge in [-0.1, -0.05) is 46.9 Å². The number of nitrogens with zero attached hydrogens (tertiary/aromatic N) is 3. The van der Waals surface area contributed by atoms with Crippen LogP contribution in [0.25, 0.3) is 5.69 Å². The van der Waals surface area contributed by atoms with Crippen molar-refractivity contribution >= 4 is 50.5 Å². The Morgan fingerprint density at radius 1 is 1.07 bits per heavy atom. The van der Waals surface area contributed by atoms with Crippen LogP contribution in [-0.2, 0) is 16.6 Å². The minimum atomic E-state index is -3.57. The second-order valence-electron chi connectivity index (χ2n) is 6.11. The van der Waals surface area contributed by atoms with Gasteiger partial charge in [0, 0.05) is 5.02 Å². The summed E-state index contributed by atoms with van der Waals surface area (Å²) in [5.74, 6) is 0.462. The van der Waals surface area contributed by atoms with E-state index in [1.807, 2.05) is 12.1 Å². The molecule has 0 unspecified atom stereocenters. The minimum absolute atomic E-state index is 0.0976. The Bertz CT molecular complexity index is 1200. The molecule has 1 heterocycles. The quantitative estimate of drug-likeness (QED) is 0.627. The molecule has 1 aromatic heterocycles. The van der Waals surface area contributed by atoms with E-state index in [0.717, 1.165) is 16.5 Å². The summed E-state index contributed by atoms with van der Waals surface area (Å²) in [6.45, 7) is 1.98. The topological polar surface area (TPSA) is 86.0 Å². The molecule has 7 nitrogen and oxygen atoms in total. The Balaban J connectivity index is 2.06. The summed E-state index contributed by atoms with van der Waals surface area (Å²) in [5, 5.41) is 5.11. The molecule has 0 fully saturated rings. The van der Waals surface area contributed by atoms with Gasteiger partial charge in [0.25, 0.3) is 0 Å². The highest BCUT2D eigenvalue weighted by Gasteiger charge is 2.17. The molecule has 148 valence electrons. The van der Waals surface area contributed by atoms with Gasteiger partial charge in [0.15, 0.2) is 0 Å². The number of nitrogens with one attached hydrogen (secondary N) is 1. The first-order valence-corrected chi connectivity index (χ1v) is 11.0.